The molecule has 4 nitrogen and oxygen atoms in total. The number of carbonyl (C=O) groups is 2. The van der Waals surface area contributed by atoms with Crippen molar-refractivity contribution in [2.45, 2.75) is 84.7 Å². The van der Waals surface area contributed by atoms with Gasteiger partial charge in [-0.2, -0.15) is 0 Å². The minimum atomic E-state index is -0.928. The minimum Gasteiger partial charge on any atom is -0.477 e. The molecule has 0 radical (unpaired) electrons. The molecule has 1 aliphatic heterocycles. The lowest BCUT2D eigenvalue weighted by Gasteiger charge is -2.42. The summed E-state index contributed by atoms with van der Waals surface area (Å²) in [6.07, 6.45) is 8.72. The second-order valence-corrected chi connectivity index (χ2v) is 10.2. The quantitative estimate of drug-likeness (QED) is 0.696. The average Bonchev–Trinajstić information content (AvgIpc) is 3.05. The number of aromatic carboxylic acids is 1. The Bertz CT molecular complexity index is 787. The number of amides is 1. The Hall–Kier alpha value is -1.80. The van der Waals surface area contributed by atoms with Gasteiger partial charge in [0.25, 0.3) is 0 Å². The van der Waals surface area contributed by atoms with E-state index in [0.717, 1.165) is 23.3 Å². The fourth-order valence-corrected chi connectivity index (χ4v) is 5.25. The first-order valence-electron chi connectivity index (χ1n) is 10.4. The molecule has 0 spiro atoms. The zero-order valence-electron chi connectivity index (χ0n) is 17.2. The molecule has 1 aromatic rings. The number of carboxylic acid groups (broad SMARTS) is 1. The van der Waals surface area contributed by atoms with E-state index in [1.165, 1.54) is 43.4 Å². The van der Waals surface area contributed by atoms with E-state index in [0.29, 0.717) is 23.8 Å². The summed E-state index contributed by atoms with van der Waals surface area (Å²) >= 11 is 1.22. The van der Waals surface area contributed by atoms with Crippen LogP contribution in [0, 0.1) is 23.2 Å². The molecule has 1 saturated heterocycles. The summed E-state index contributed by atoms with van der Waals surface area (Å²) < 4.78 is 0. The monoisotopic (exact) mass is 401 g/mol. The Morgan fingerprint density at radius 1 is 1.21 bits per heavy atom. The lowest BCUT2D eigenvalue weighted by molar-refractivity contribution is -0.139. The van der Waals surface area contributed by atoms with Crippen molar-refractivity contribution in [3.8, 4) is 11.8 Å². The number of carbonyl (C=O) groups excluding carboxylic acids is 1. The van der Waals surface area contributed by atoms with E-state index < -0.39 is 5.97 Å². The Kier molecular flexibility index (Phi) is 6.50. The molecule has 1 aromatic heterocycles. The second kappa shape index (κ2) is 8.69. The first-order valence-corrected chi connectivity index (χ1v) is 11.2. The van der Waals surface area contributed by atoms with Crippen molar-refractivity contribution in [1.29, 1.82) is 0 Å². The van der Waals surface area contributed by atoms with Crippen molar-refractivity contribution in [3.05, 3.63) is 21.4 Å². The van der Waals surface area contributed by atoms with Crippen molar-refractivity contribution in [2.24, 2.45) is 11.3 Å². The standard InChI is InChI=1S/C23H31NO3S/c1-23(2,3)13-12-18-14-17(21(28-18)22(26)27)15-24-19(10-7-11-20(24)25)16-8-5-4-6-9-16/h14,16,19H,4-11,15H2,1-3H3,(H,26,27)/t19-/m0/s1. The van der Waals surface area contributed by atoms with Gasteiger partial charge in [0.1, 0.15) is 4.88 Å². The van der Waals surface area contributed by atoms with Crippen LogP contribution in [0.5, 0.6) is 0 Å². The van der Waals surface area contributed by atoms with Crippen LogP contribution in [0.4, 0.5) is 0 Å². The average molecular weight is 402 g/mol. The molecule has 1 atom stereocenters. The highest BCUT2D eigenvalue weighted by Crippen LogP contribution is 2.36. The van der Waals surface area contributed by atoms with Crippen LogP contribution in [0.25, 0.3) is 0 Å². The normalized spacial score (nSPS) is 21.3. The molecule has 1 aliphatic carbocycles. The van der Waals surface area contributed by atoms with Gasteiger partial charge in [0.2, 0.25) is 5.91 Å². The van der Waals surface area contributed by atoms with Gasteiger partial charge in [-0.3, -0.25) is 4.79 Å². The van der Waals surface area contributed by atoms with Gasteiger partial charge in [0.15, 0.2) is 0 Å². The van der Waals surface area contributed by atoms with Gasteiger partial charge in [-0.25, -0.2) is 4.79 Å². The molecule has 1 amide bonds. The molecule has 3 rings (SSSR count). The van der Waals surface area contributed by atoms with Crippen LogP contribution in [0.1, 0.15) is 92.3 Å². The molecule has 2 fully saturated rings. The summed E-state index contributed by atoms with van der Waals surface area (Å²) in [5, 5.41) is 9.68. The molecule has 28 heavy (non-hydrogen) atoms. The maximum absolute atomic E-state index is 12.8. The Balaban J connectivity index is 1.86. The van der Waals surface area contributed by atoms with Crippen LogP contribution in [0.15, 0.2) is 6.07 Å². The predicted octanol–water partition coefficient (Wildman–Crippen LogP) is 5.31. The SMILES string of the molecule is CC(C)(C)C#Cc1cc(CN2C(=O)CCC[C@H]2C2CCCCC2)c(C(=O)O)s1. The molecule has 1 saturated carbocycles. The van der Waals surface area contributed by atoms with Crippen molar-refractivity contribution in [1.82, 2.24) is 4.90 Å². The maximum atomic E-state index is 12.8. The molecule has 1 N–H and O–H groups in total. The highest BCUT2D eigenvalue weighted by atomic mass is 32.1. The highest BCUT2D eigenvalue weighted by Gasteiger charge is 2.35. The van der Waals surface area contributed by atoms with Crippen LogP contribution < -0.4 is 0 Å². The number of thiophene rings is 1. The zero-order valence-corrected chi connectivity index (χ0v) is 18.0. The summed E-state index contributed by atoms with van der Waals surface area (Å²) in [5.41, 5.74) is 0.592. The minimum absolute atomic E-state index is 0.136. The number of carboxylic acids is 1. The third kappa shape index (κ3) is 5.17. The summed E-state index contributed by atoms with van der Waals surface area (Å²) in [6.45, 7) is 6.50. The molecule has 152 valence electrons. The van der Waals surface area contributed by atoms with E-state index in [4.69, 9.17) is 0 Å². The number of piperidine rings is 1. The number of likely N-dealkylation sites (tertiary alicyclic amines) is 1. The first kappa shape index (κ1) is 20.9. The van der Waals surface area contributed by atoms with Crippen LogP contribution in [-0.2, 0) is 11.3 Å². The third-order valence-electron chi connectivity index (χ3n) is 5.71. The summed E-state index contributed by atoms with van der Waals surface area (Å²) in [7, 11) is 0. The number of nitrogens with zero attached hydrogens (tertiary/aromatic N) is 1. The Morgan fingerprint density at radius 3 is 2.57 bits per heavy atom. The zero-order chi connectivity index (χ0) is 20.3. The van der Waals surface area contributed by atoms with Gasteiger partial charge < -0.3 is 10.0 Å². The van der Waals surface area contributed by atoms with E-state index in [2.05, 4.69) is 11.8 Å². The van der Waals surface area contributed by atoms with Gasteiger partial charge in [0, 0.05) is 24.4 Å². The van der Waals surface area contributed by atoms with E-state index >= 15 is 0 Å². The van der Waals surface area contributed by atoms with Crippen LogP contribution >= 0.6 is 11.3 Å². The number of rotatable bonds is 4. The topological polar surface area (TPSA) is 57.6 Å². The molecule has 5 heteroatoms. The van der Waals surface area contributed by atoms with E-state index in [1.807, 2.05) is 31.7 Å². The van der Waals surface area contributed by atoms with Crippen molar-refractivity contribution in [2.75, 3.05) is 0 Å². The van der Waals surface area contributed by atoms with Crippen LogP contribution in [0.2, 0.25) is 0 Å². The molecule has 2 heterocycles. The summed E-state index contributed by atoms with van der Waals surface area (Å²) in [4.78, 5) is 27.6. The number of hydrogen-bond donors (Lipinski definition) is 1. The molecule has 0 unspecified atom stereocenters. The van der Waals surface area contributed by atoms with Gasteiger partial charge in [0.05, 0.1) is 4.88 Å². The highest BCUT2D eigenvalue weighted by molar-refractivity contribution is 7.14. The third-order valence-corrected chi connectivity index (χ3v) is 6.79. The van der Waals surface area contributed by atoms with Crippen molar-refractivity contribution in [3.63, 3.8) is 0 Å². The fourth-order valence-electron chi connectivity index (χ4n) is 4.38. The summed E-state index contributed by atoms with van der Waals surface area (Å²) in [5.74, 6) is 6.11. The Labute approximate surface area is 172 Å². The van der Waals surface area contributed by atoms with Crippen LogP contribution in [0.3, 0.4) is 0 Å². The van der Waals surface area contributed by atoms with Crippen molar-refractivity contribution >= 4 is 23.2 Å². The smallest absolute Gasteiger partial charge is 0.346 e. The largest absolute Gasteiger partial charge is 0.477 e. The molecular weight excluding hydrogens is 370 g/mol. The maximum Gasteiger partial charge on any atom is 0.346 e. The van der Waals surface area contributed by atoms with E-state index in [9.17, 15) is 14.7 Å². The molecule has 0 aromatic carbocycles. The molecule has 0 bridgehead atoms. The summed E-state index contributed by atoms with van der Waals surface area (Å²) in [6, 6.07) is 2.14. The first-order chi connectivity index (χ1) is 13.2. The van der Waals surface area contributed by atoms with Gasteiger partial charge >= 0.3 is 5.97 Å². The van der Waals surface area contributed by atoms with Crippen molar-refractivity contribution < 1.29 is 14.7 Å². The van der Waals surface area contributed by atoms with Gasteiger partial charge in [-0.05, 0) is 64.0 Å². The van der Waals surface area contributed by atoms with Crippen LogP contribution in [-0.4, -0.2) is 27.9 Å². The Morgan fingerprint density at radius 2 is 1.93 bits per heavy atom. The molecular formula is C23H31NO3S. The molecule has 2 aliphatic rings. The van der Waals surface area contributed by atoms with E-state index in [-0.39, 0.29) is 17.4 Å². The number of hydrogen-bond acceptors (Lipinski definition) is 3. The fraction of sp³-hybridized carbons (Fsp3) is 0.652. The lowest BCUT2D eigenvalue weighted by atomic mass is 9.79. The van der Waals surface area contributed by atoms with E-state index in [1.54, 1.807) is 0 Å². The second-order valence-electron chi connectivity index (χ2n) is 9.15. The van der Waals surface area contributed by atoms with Gasteiger partial charge in [-0.15, -0.1) is 11.3 Å². The van der Waals surface area contributed by atoms with Gasteiger partial charge in [-0.1, -0.05) is 31.1 Å². The predicted molar refractivity (Wildman–Crippen MR) is 112 cm³/mol. The lowest BCUT2D eigenvalue weighted by Crippen LogP contribution is -2.47.